The number of aromatic nitrogens is 1. The van der Waals surface area contributed by atoms with E-state index in [1.165, 1.54) is 12.8 Å². The Morgan fingerprint density at radius 3 is 2.96 bits per heavy atom. The third-order valence-electron chi connectivity index (χ3n) is 5.36. The van der Waals surface area contributed by atoms with E-state index in [1.54, 1.807) is 6.20 Å². The third kappa shape index (κ3) is 5.00. The Balaban J connectivity index is 1.57. The predicted octanol–water partition coefficient (Wildman–Crippen LogP) is 1.30. The van der Waals surface area contributed by atoms with Crippen molar-refractivity contribution < 1.29 is 14.6 Å². The van der Waals surface area contributed by atoms with Crippen molar-refractivity contribution in [2.45, 2.75) is 32.2 Å². The van der Waals surface area contributed by atoms with Crippen LogP contribution in [0.1, 0.15) is 31.4 Å². The van der Waals surface area contributed by atoms with E-state index in [-0.39, 0.29) is 17.9 Å². The number of hydrogen-bond acceptors (Lipinski definition) is 5. The molecular formula is C19H29N3O3. The number of nitrogens with zero attached hydrogens (tertiary/aromatic N) is 3. The highest BCUT2D eigenvalue weighted by molar-refractivity contribution is 5.77. The third-order valence-corrected chi connectivity index (χ3v) is 5.36. The molecule has 1 spiro atoms. The first-order valence-electron chi connectivity index (χ1n) is 9.29. The van der Waals surface area contributed by atoms with Crippen LogP contribution >= 0.6 is 0 Å². The second-order valence-electron chi connectivity index (χ2n) is 7.29. The smallest absolute Gasteiger partial charge is 0.222 e. The van der Waals surface area contributed by atoms with Gasteiger partial charge in [0.15, 0.2) is 0 Å². The van der Waals surface area contributed by atoms with Gasteiger partial charge in [0.25, 0.3) is 0 Å². The largest absolute Gasteiger partial charge is 0.394 e. The maximum atomic E-state index is 12.4. The molecule has 0 aliphatic carbocycles. The van der Waals surface area contributed by atoms with Gasteiger partial charge in [-0.25, -0.2) is 0 Å². The number of hydrogen-bond donors (Lipinski definition) is 1. The molecule has 6 nitrogen and oxygen atoms in total. The van der Waals surface area contributed by atoms with Crippen molar-refractivity contribution in [2.75, 3.05) is 46.0 Å². The maximum absolute atomic E-state index is 12.4. The number of aliphatic hydroxyl groups is 1. The minimum absolute atomic E-state index is 0.0779. The fraction of sp³-hybridized carbons (Fsp3) is 0.684. The summed E-state index contributed by atoms with van der Waals surface area (Å²) < 4.78 is 5.41. The van der Waals surface area contributed by atoms with Crippen molar-refractivity contribution in [3.63, 3.8) is 0 Å². The van der Waals surface area contributed by atoms with Crippen LogP contribution in [0, 0.1) is 5.41 Å². The van der Waals surface area contributed by atoms with Crippen LogP contribution in [0.2, 0.25) is 0 Å². The standard InChI is InChI=1S/C19H29N3O3/c23-11-13-25-12-10-21-9-3-6-19(15-21)7-5-18(24)22(16-19)14-17-4-1-2-8-20-17/h1-2,4,8,23H,3,5-7,9-16H2. The summed E-state index contributed by atoms with van der Waals surface area (Å²) in [6, 6.07) is 5.86. The van der Waals surface area contributed by atoms with Gasteiger partial charge in [-0.1, -0.05) is 6.07 Å². The lowest BCUT2D eigenvalue weighted by atomic mass is 9.73. The molecule has 0 aromatic carbocycles. The topological polar surface area (TPSA) is 65.9 Å². The van der Waals surface area contributed by atoms with Gasteiger partial charge in [-0.05, 0) is 37.9 Å². The summed E-state index contributed by atoms with van der Waals surface area (Å²) >= 11 is 0. The highest BCUT2D eigenvalue weighted by atomic mass is 16.5. The van der Waals surface area contributed by atoms with Gasteiger partial charge in [-0.3, -0.25) is 9.78 Å². The number of ether oxygens (including phenoxy) is 1. The summed E-state index contributed by atoms with van der Waals surface area (Å²) in [7, 11) is 0. The van der Waals surface area contributed by atoms with Gasteiger partial charge in [0.1, 0.15) is 0 Å². The van der Waals surface area contributed by atoms with Gasteiger partial charge in [-0.15, -0.1) is 0 Å². The van der Waals surface area contributed by atoms with Crippen LogP contribution in [0.5, 0.6) is 0 Å². The number of pyridine rings is 1. The van der Waals surface area contributed by atoms with E-state index >= 15 is 0 Å². The number of aliphatic hydroxyl groups excluding tert-OH is 1. The highest BCUT2D eigenvalue weighted by Crippen LogP contribution is 2.39. The molecule has 0 radical (unpaired) electrons. The molecule has 3 rings (SSSR count). The Hall–Kier alpha value is -1.50. The van der Waals surface area contributed by atoms with Gasteiger partial charge in [0.05, 0.1) is 32.1 Å². The average molecular weight is 347 g/mol. The maximum Gasteiger partial charge on any atom is 0.222 e. The Kier molecular flexibility index (Phi) is 6.39. The summed E-state index contributed by atoms with van der Waals surface area (Å²) in [4.78, 5) is 21.2. The zero-order valence-electron chi connectivity index (χ0n) is 14.9. The number of likely N-dealkylation sites (tertiary alicyclic amines) is 2. The van der Waals surface area contributed by atoms with Crippen LogP contribution in [0.3, 0.4) is 0 Å². The van der Waals surface area contributed by atoms with Crippen molar-refractivity contribution in [2.24, 2.45) is 5.41 Å². The summed E-state index contributed by atoms with van der Waals surface area (Å²) in [5.41, 5.74) is 1.16. The van der Waals surface area contributed by atoms with Crippen LogP contribution in [0.15, 0.2) is 24.4 Å². The van der Waals surface area contributed by atoms with Crippen LogP contribution in [0.25, 0.3) is 0 Å². The Morgan fingerprint density at radius 2 is 2.16 bits per heavy atom. The molecule has 2 saturated heterocycles. The van der Waals surface area contributed by atoms with Crippen LogP contribution in [-0.2, 0) is 16.1 Å². The van der Waals surface area contributed by atoms with Crippen molar-refractivity contribution in [3.05, 3.63) is 30.1 Å². The van der Waals surface area contributed by atoms with Gasteiger partial charge in [0, 0.05) is 37.7 Å². The van der Waals surface area contributed by atoms with Gasteiger partial charge in [-0.2, -0.15) is 0 Å². The van der Waals surface area contributed by atoms with Crippen LogP contribution < -0.4 is 0 Å². The van der Waals surface area contributed by atoms with Crippen molar-refractivity contribution >= 4 is 5.91 Å². The Morgan fingerprint density at radius 1 is 1.24 bits per heavy atom. The molecule has 1 aromatic heterocycles. The minimum atomic E-state index is 0.0779. The molecule has 3 heterocycles. The number of carbonyl (C=O) groups is 1. The second kappa shape index (κ2) is 8.74. The average Bonchev–Trinajstić information content (AvgIpc) is 2.63. The molecule has 0 bridgehead atoms. The molecular weight excluding hydrogens is 318 g/mol. The number of amides is 1. The molecule has 1 atom stereocenters. The summed E-state index contributed by atoms with van der Waals surface area (Å²) in [6.45, 7) is 5.61. The molecule has 2 aliphatic rings. The molecule has 1 amide bonds. The van der Waals surface area contributed by atoms with E-state index in [1.807, 2.05) is 23.1 Å². The van der Waals surface area contributed by atoms with Crippen molar-refractivity contribution in [1.82, 2.24) is 14.8 Å². The minimum Gasteiger partial charge on any atom is -0.394 e. The van der Waals surface area contributed by atoms with E-state index in [0.717, 1.165) is 38.3 Å². The molecule has 1 N–H and O–H groups in total. The molecule has 0 saturated carbocycles. The van der Waals surface area contributed by atoms with Crippen molar-refractivity contribution in [3.8, 4) is 0 Å². The molecule has 138 valence electrons. The highest BCUT2D eigenvalue weighted by Gasteiger charge is 2.41. The monoisotopic (exact) mass is 347 g/mol. The number of rotatable bonds is 7. The fourth-order valence-electron chi connectivity index (χ4n) is 4.13. The molecule has 25 heavy (non-hydrogen) atoms. The second-order valence-corrected chi connectivity index (χ2v) is 7.29. The molecule has 2 fully saturated rings. The summed E-state index contributed by atoms with van der Waals surface area (Å²) in [5.74, 6) is 0.250. The van der Waals surface area contributed by atoms with Gasteiger partial charge < -0.3 is 19.6 Å². The number of piperidine rings is 2. The zero-order chi connectivity index (χ0) is 17.5. The Bertz CT molecular complexity index is 554. The van der Waals surface area contributed by atoms with Crippen LogP contribution in [-0.4, -0.2) is 71.8 Å². The molecule has 2 aliphatic heterocycles. The molecule has 6 heteroatoms. The van der Waals surface area contributed by atoms with Crippen molar-refractivity contribution in [1.29, 1.82) is 0 Å². The quantitative estimate of drug-likeness (QED) is 0.753. The predicted molar refractivity (Wildman–Crippen MR) is 94.9 cm³/mol. The molecule has 1 unspecified atom stereocenters. The van der Waals surface area contributed by atoms with E-state index in [2.05, 4.69) is 9.88 Å². The number of carbonyl (C=O) groups excluding carboxylic acids is 1. The first-order chi connectivity index (χ1) is 12.2. The first-order valence-corrected chi connectivity index (χ1v) is 9.29. The lowest BCUT2D eigenvalue weighted by Crippen LogP contribution is -2.54. The van der Waals surface area contributed by atoms with Gasteiger partial charge >= 0.3 is 0 Å². The molecule has 1 aromatic rings. The van der Waals surface area contributed by atoms with Gasteiger partial charge in [0.2, 0.25) is 5.91 Å². The van der Waals surface area contributed by atoms with E-state index in [9.17, 15) is 4.79 Å². The summed E-state index contributed by atoms with van der Waals surface area (Å²) in [5, 5.41) is 8.80. The normalized spacial score (nSPS) is 24.8. The zero-order valence-corrected chi connectivity index (χ0v) is 14.9. The SMILES string of the molecule is O=C1CCC2(CCCN(CCOCCO)C2)CN1Cc1ccccn1. The van der Waals surface area contributed by atoms with E-state index in [4.69, 9.17) is 9.84 Å². The lowest BCUT2D eigenvalue weighted by molar-refractivity contribution is -0.140. The fourth-order valence-corrected chi connectivity index (χ4v) is 4.13. The Labute approximate surface area is 149 Å². The van der Waals surface area contributed by atoms with E-state index in [0.29, 0.717) is 26.2 Å². The lowest BCUT2D eigenvalue weighted by Gasteiger charge is -2.48. The first kappa shape index (κ1) is 18.3. The van der Waals surface area contributed by atoms with E-state index < -0.39 is 0 Å². The van der Waals surface area contributed by atoms with Crippen LogP contribution in [0.4, 0.5) is 0 Å². The summed E-state index contributed by atoms with van der Waals surface area (Å²) in [6.07, 6.45) is 5.77.